The molecule has 0 saturated heterocycles. The molecule has 0 unspecified atom stereocenters. The van der Waals surface area contributed by atoms with Gasteiger partial charge in [-0.2, -0.15) is 0 Å². The van der Waals surface area contributed by atoms with Gasteiger partial charge in [0.1, 0.15) is 16.2 Å². The van der Waals surface area contributed by atoms with Gasteiger partial charge in [0.25, 0.3) is 0 Å². The number of thiophene rings is 1. The number of hydrogen-bond acceptors (Lipinski definition) is 4. The lowest BCUT2D eigenvalue weighted by Crippen LogP contribution is -2.08. The Morgan fingerprint density at radius 3 is 3.05 bits per heavy atom. The number of rotatable bonds is 6. The summed E-state index contributed by atoms with van der Waals surface area (Å²) in [4.78, 5) is 11.9. The van der Waals surface area contributed by atoms with E-state index in [1.165, 1.54) is 65.9 Å². The molecule has 0 aromatic carbocycles. The van der Waals surface area contributed by atoms with Crippen LogP contribution in [0.4, 0.5) is 0 Å². The molecule has 2 heterocycles. The molecule has 3 rings (SSSR count). The number of nitrogens with zero attached hydrogens (tertiary/aromatic N) is 2. The lowest BCUT2D eigenvalue weighted by Gasteiger charge is -2.18. The van der Waals surface area contributed by atoms with Gasteiger partial charge in [-0.3, -0.25) is 0 Å². The summed E-state index contributed by atoms with van der Waals surface area (Å²) in [5, 5.41) is 2.61. The Labute approximate surface area is 135 Å². The van der Waals surface area contributed by atoms with E-state index in [0.29, 0.717) is 0 Å². The fourth-order valence-corrected chi connectivity index (χ4v) is 5.50. The Hall–Kier alpha value is -0.610. The van der Waals surface area contributed by atoms with Crippen molar-refractivity contribution in [3.8, 4) is 0 Å². The molecule has 0 fully saturated rings. The van der Waals surface area contributed by atoms with Gasteiger partial charge in [0.2, 0.25) is 0 Å². The molecule has 0 N–H and O–H groups in total. The van der Waals surface area contributed by atoms with E-state index in [-0.39, 0.29) is 0 Å². The molecule has 114 valence electrons. The highest BCUT2D eigenvalue weighted by Gasteiger charge is 2.22. The summed E-state index contributed by atoms with van der Waals surface area (Å²) in [6, 6.07) is 0. The predicted molar refractivity (Wildman–Crippen MR) is 93.5 cm³/mol. The molecular weight excluding hydrogens is 296 g/mol. The van der Waals surface area contributed by atoms with E-state index in [1.807, 2.05) is 23.1 Å². The fourth-order valence-electron chi connectivity index (χ4n) is 3.05. The van der Waals surface area contributed by atoms with Gasteiger partial charge in [-0.05, 0) is 42.9 Å². The molecule has 1 atom stereocenters. The van der Waals surface area contributed by atoms with Crippen molar-refractivity contribution in [3.63, 3.8) is 0 Å². The summed E-state index contributed by atoms with van der Waals surface area (Å²) in [6.07, 6.45) is 10.8. The standard InChI is InChI=1S/C17H24N2S2/c1-3-4-5-6-9-20-16-15-13-8-7-12(2)10-14(13)21-17(15)19-11-18-16/h11-12H,3-10H2,1-2H3/t12-/m1/s1. The molecule has 1 aliphatic carbocycles. The van der Waals surface area contributed by atoms with Gasteiger partial charge < -0.3 is 0 Å². The van der Waals surface area contributed by atoms with Gasteiger partial charge in [0, 0.05) is 10.3 Å². The van der Waals surface area contributed by atoms with Crippen LogP contribution in [0.5, 0.6) is 0 Å². The van der Waals surface area contributed by atoms with Crippen LogP contribution < -0.4 is 0 Å². The minimum atomic E-state index is 0.823. The lowest BCUT2D eigenvalue weighted by molar-refractivity contribution is 0.509. The highest BCUT2D eigenvalue weighted by molar-refractivity contribution is 7.99. The van der Waals surface area contributed by atoms with Gasteiger partial charge in [-0.1, -0.05) is 33.1 Å². The number of aromatic nitrogens is 2. The number of unbranched alkanes of at least 4 members (excludes halogenated alkanes) is 3. The largest absolute Gasteiger partial charge is 0.229 e. The Morgan fingerprint density at radius 2 is 2.19 bits per heavy atom. The second kappa shape index (κ2) is 7.10. The maximum Gasteiger partial charge on any atom is 0.128 e. The van der Waals surface area contributed by atoms with Crippen molar-refractivity contribution in [2.24, 2.45) is 5.92 Å². The number of thioether (sulfide) groups is 1. The Bertz CT molecular complexity index is 606. The monoisotopic (exact) mass is 320 g/mol. The fraction of sp³-hybridized carbons (Fsp3) is 0.647. The van der Waals surface area contributed by atoms with Gasteiger partial charge in [0.05, 0.1) is 0 Å². The zero-order valence-electron chi connectivity index (χ0n) is 13.0. The van der Waals surface area contributed by atoms with Crippen molar-refractivity contribution in [3.05, 3.63) is 16.8 Å². The summed E-state index contributed by atoms with van der Waals surface area (Å²) in [5.74, 6) is 2.01. The second-order valence-corrected chi connectivity index (χ2v) is 8.29. The Morgan fingerprint density at radius 1 is 1.29 bits per heavy atom. The lowest BCUT2D eigenvalue weighted by atomic mass is 9.89. The van der Waals surface area contributed by atoms with Crippen LogP contribution in [0.3, 0.4) is 0 Å². The van der Waals surface area contributed by atoms with E-state index >= 15 is 0 Å². The Kier molecular flexibility index (Phi) is 5.17. The summed E-state index contributed by atoms with van der Waals surface area (Å²) >= 11 is 3.83. The van der Waals surface area contributed by atoms with Crippen LogP contribution in [0.2, 0.25) is 0 Å². The third kappa shape index (κ3) is 3.42. The van der Waals surface area contributed by atoms with Crippen LogP contribution >= 0.6 is 23.1 Å². The number of fused-ring (bicyclic) bond motifs is 3. The summed E-state index contributed by atoms with van der Waals surface area (Å²) in [5.41, 5.74) is 1.56. The van der Waals surface area contributed by atoms with Crippen LogP contribution in [-0.2, 0) is 12.8 Å². The molecule has 2 aromatic heterocycles. The van der Waals surface area contributed by atoms with E-state index in [9.17, 15) is 0 Å². The van der Waals surface area contributed by atoms with E-state index in [1.54, 1.807) is 16.8 Å². The van der Waals surface area contributed by atoms with E-state index in [4.69, 9.17) is 0 Å². The molecule has 2 aromatic rings. The molecule has 21 heavy (non-hydrogen) atoms. The molecule has 1 aliphatic rings. The van der Waals surface area contributed by atoms with Gasteiger partial charge in [-0.15, -0.1) is 23.1 Å². The third-order valence-electron chi connectivity index (χ3n) is 4.29. The van der Waals surface area contributed by atoms with Crippen molar-refractivity contribution >= 4 is 33.3 Å². The zero-order chi connectivity index (χ0) is 14.7. The van der Waals surface area contributed by atoms with E-state index < -0.39 is 0 Å². The molecule has 0 bridgehead atoms. The van der Waals surface area contributed by atoms with Crippen LogP contribution in [-0.4, -0.2) is 15.7 Å². The number of hydrogen-bond donors (Lipinski definition) is 0. The molecule has 0 spiro atoms. The van der Waals surface area contributed by atoms with Crippen LogP contribution in [0.15, 0.2) is 11.4 Å². The second-order valence-electron chi connectivity index (χ2n) is 6.12. The smallest absolute Gasteiger partial charge is 0.128 e. The maximum absolute atomic E-state index is 4.58. The van der Waals surface area contributed by atoms with E-state index in [0.717, 1.165) is 5.92 Å². The first-order chi connectivity index (χ1) is 10.3. The maximum atomic E-state index is 4.58. The SMILES string of the molecule is CCCCCCSc1ncnc2sc3c(c12)CC[C@@H](C)C3. The quantitative estimate of drug-likeness (QED) is 0.400. The first kappa shape index (κ1) is 15.3. The van der Waals surface area contributed by atoms with Crippen molar-refractivity contribution in [2.45, 2.75) is 63.8 Å². The zero-order valence-corrected chi connectivity index (χ0v) is 14.7. The molecule has 0 aliphatic heterocycles. The summed E-state index contributed by atoms with van der Waals surface area (Å²) < 4.78 is 0. The van der Waals surface area contributed by atoms with Gasteiger partial charge in [-0.25, -0.2) is 9.97 Å². The minimum Gasteiger partial charge on any atom is -0.229 e. The third-order valence-corrected chi connectivity index (χ3v) is 6.53. The predicted octanol–water partition coefficient (Wildman–Crippen LogP) is 5.49. The van der Waals surface area contributed by atoms with E-state index in [2.05, 4.69) is 23.8 Å². The number of aryl methyl sites for hydroxylation is 1. The van der Waals surface area contributed by atoms with Crippen molar-refractivity contribution < 1.29 is 0 Å². The molecule has 0 radical (unpaired) electrons. The highest BCUT2D eigenvalue weighted by atomic mass is 32.2. The molecule has 2 nitrogen and oxygen atoms in total. The molecule has 4 heteroatoms. The minimum absolute atomic E-state index is 0.823. The van der Waals surface area contributed by atoms with Gasteiger partial charge in [0.15, 0.2) is 0 Å². The van der Waals surface area contributed by atoms with Crippen LogP contribution in [0, 0.1) is 5.92 Å². The first-order valence-electron chi connectivity index (χ1n) is 8.17. The van der Waals surface area contributed by atoms with Crippen LogP contribution in [0.1, 0.15) is 56.4 Å². The average molecular weight is 321 g/mol. The summed E-state index contributed by atoms with van der Waals surface area (Å²) in [7, 11) is 0. The molecule has 0 amide bonds. The summed E-state index contributed by atoms with van der Waals surface area (Å²) in [6.45, 7) is 4.63. The normalized spacial score (nSPS) is 18.1. The van der Waals surface area contributed by atoms with Crippen molar-refractivity contribution in [1.82, 2.24) is 9.97 Å². The first-order valence-corrected chi connectivity index (χ1v) is 9.97. The van der Waals surface area contributed by atoms with Crippen molar-refractivity contribution in [1.29, 1.82) is 0 Å². The average Bonchev–Trinajstić information content (AvgIpc) is 2.85. The molecular formula is C17H24N2S2. The molecule has 0 saturated carbocycles. The Balaban J connectivity index is 1.79. The van der Waals surface area contributed by atoms with Crippen LogP contribution in [0.25, 0.3) is 10.2 Å². The topological polar surface area (TPSA) is 25.8 Å². The van der Waals surface area contributed by atoms with Crippen molar-refractivity contribution in [2.75, 3.05) is 5.75 Å². The van der Waals surface area contributed by atoms with Gasteiger partial charge >= 0.3 is 0 Å². The highest BCUT2D eigenvalue weighted by Crippen LogP contribution is 2.40.